The highest BCUT2D eigenvalue weighted by atomic mass is 35.5. The monoisotopic (exact) mass is 286 g/mol. The lowest BCUT2D eigenvalue weighted by Crippen LogP contribution is -2.51. The summed E-state index contributed by atoms with van der Waals surface area (Å²) in [5, 5.41) is 7.93. The third-order valence-corrected chi connectivity index (χ3v) is 4.22. The maximum atomic E-state index is 6.44. The Hall–Kier alpha value is -1.35. The Morgan fingerprint density at radius 1 is 0.950 bits per heavy atom. The molecule has 0 aliphatic carbocycles. The number of hydrogen-bond acceptors (Lipinski definition) is 2. The van der Waals surface area contributed by atoms with Crippen molar-refractivity contribution in [3.63, 3.8) is 0 Å². The van der Waals surface area contributed by atoms with Gasteiger partial charge in [-0.1, -0.05) is 60.1 Å². The summed E-state index contributed by atoms with van der Waals surface area (Å²) in [7, 11) is 0. The molecule has 0 radical (unpaired) electrons. The standard InChI is InChI=1S/C17H19ClN2/c18-15-9-5-4-8-14(15)17(13-6-2-1-3-7-13)16-12-19-10-11-20-16/h1-9,16-17,19-20H,10-12H2. The number of piperazine rings is 1. The quantitative estimate of drug-likeness (QED) is 0.906. The summed E-state index contributed by atoms with van der Waals surface area (Å²) < 4.78 is 0. The molecule has 3 heteroatoms. The van der Waals surface area contributed by atoms with E-state index in [-0.39, 0.29) is 5.92 Å². The van der Waals surface area contributed by atoms with Crippen molar-refractivity contribution >= 4 is 11.6 Å². The topological polar surface area (TPSA) is 24.1 Å². The molecular formula is C17H19ClN2. The molecule has 2 N–H and O–H groups in total. The summed E-state index contributed by atoms with van der Waals surface area (Å²) >= 11 is 6.44. The molecule has 2 aromatic rings. The fourth-order valence-corrected chi connectivity index (χ4v) is 3.18. The number of hydrogen-bond donors (Lipinski definition) is 2. The Morgan fingerprint density at radius 2 is 1.70 bits per heavy atom. The molecule has 0 bridgehead atoms. The van der Waals surface area contributed by atoms with Gasteiger partial charge < -0.3 is 10.6 Å². The third kappa shape index (κ3) is 2.88. The van der Waals surface area contributed by atoms with E-state index >= 15 is 0 Å². The molecule has 0 spiro atoms. The van der Waals surface area contributed by atoms with E-state index in [1.807, 2.05) is 12.1 Å². The third-order valence-electron chi connectivity index (χ3n) is 3.87. The zero-order valence-electron chi connectivity index (χ0n) is 11.4. The van der Waals surface area contributed by atoms with Crippen LogP contribution in [0, 0.1) is 0 Å². The van der Waals surface area contributed by atoms with Crippen LogP contribution in [0.5, 0.6) is 0 Å². The first-order valence-corrected chi connectivity index (χ1v) is 7.47. The maximum absolute atomic E-state index is 6.44. The van der Waals surface area contributed by atoms with E-state index in [4.69, 9.17) is 11.6 Å². The molecule has 2 aromatic carbocycles. The van der Waals surface area contributed by atoms with Crippen LogP contribution in [0.25, 0.3) is 0 Å². The van der Waals surface area contributed by atoms with Gasteiger partial charge >= 0.3 is 0 Å². The summed E-state index contributed by atoms with van der Waals surface area (Å²) in [6.45, 7) is 2.99. The zero-order chi connectivity index (χ0) is 13.8. The molecule has 2 unspecified atom stereocenters. The molecule has 20 heavy (non-hydrogen) atoms. The van der Waals surface area contributed by atoms with Crippen molar-refractivity contribution in [3.8, 4) is 0 Å². The molecule has 1 saturated heterocycles. The van der Waals surface area contributed by atoms with Crippen molar-refractivity contribution in [1.82, 2.24) is 10.6 Å². The fraction of sp³-hybridized carbons (Fsp3) is 0.294. The first-order chi connectivity index (χ1) is 9.86. The Balaban J connectivity index is 2.01. The van der Waals surface area contributed by atoms with E-state index in [0.29, 0.717) is 6.04 Å². The fourth-order valence-electron chi connectivity index (χ4n) is 2.93. The normalized spacial score (nSPS) is 20.6. The summed E-state index contributed by atoms with van der Waals surface area (Å²) in [5.41, 5.74) is 2.50. The predicted octanol–water partition coefficient (Wildman–Crippen LogP) is 3.03. The van der Waals surface area contributed by atoms with Crippen LogP contribution >= 0.6 is 11.6 Å². The molecule has 1 heterocycles. The number of halogens is 1. The lowest BCUT2D eigenvalue weighted by molar-refractivity contribution is 0.389. The molecule has 0 saturated carbocycles. The predicted molar refractivity (Wildman–Crippen MR) is 84.4 cm³/mol. The second-order valence-corrected chi connectivity index (χ2v) is 5.58. The molecule has 104 valence electrons. The van der Waals surface area contributed by atoms with E-state index < -0.39 is 0 Å². The maximum Gasteiger partial charge on any atom is 0.0444 e. The summed E-state index contributed by atoms with van der Waals surface area (Å²) in [6, 6.07) is 19.1. The first kappa shape index (κ1) is 13.6. The average Bonchev–Trinajstić information content (AvgIpc) is 2.52. The molecule has 1 aliphatic rings. The van der Waals surface area contributed by atoms with E-state index in [1.165, 1.54) is 11.1 Å². The molecule has 2 atom stereocenters. The van der Waals surface area contributed by atoms with Gasteiger partial charge in [0.2, 0.25) is 0 Å². The SMILES string of the molecule is Clc1ccccc1C(c1ccccc1)C1CNCCN1. The lowest BCUT2D eigenvalue weighted by Gasteiger charge is -2.33. The molecular weight excluding hydrogens is 268 g/mol. The Bertz CT molecular complexity index is 550. The van der Waals surface area contributed by atoms with Gasteiger partial charge in [0.25, 0.3) is 0 Å². The van der Waals surface area contributed by atoms with Crippen molar-refractivity contribution in [1.29, 1.82) is 0 Å². The molecule has 0 amide bonds. The molecule has 1 aliphatic heterocycles. The molecule has 1 fully saturated rings. The van der Waals surface area contributed by atoms with Gasteiger partial charge in [0.1, 0.15) is 0 Å². The van der Waals surface area contributed by atoms with Gasteiger partial charge in [-0.2, -0.15) is 0 Å². The second-order valence-electron chi connectivity index (χ2n) is 5.17. The van der Waals surface area contributed by atoms with Crippen molar-refractivity contribution in [2.45, 2.75) is 12.0 Å². The van der Waals surface area contributed by atoms with Crippen LogP contribution in [-0.4, -0.2) is 25.7 Å². The minimum absolute atomic E-state index is 0.276. The summed E-state index contributed by atoms with van der Waals surface area (Å²) in [4.78, 5) is 0. The van der Waals surface area contributed by atoms with Crippen LogP contribution in [-0.2, 0) is 0 Å². The number of rotatable bonds is 3. The van der Waals surface area contributed by atoms with Gasteiger partial charge in [-0.3, -0.25) is 0 Å². The van der Waals surface area contributed by atoms with E-state index in [1.54, 1.807) is 0 Å². The largest absolute Gasteiger partial charge is 0.314 e. The van der Waals surface area contributed by atoms with Crippen LogP contribution in [0.2, 0.25) is 5.02 Å². The summed E-state index contributed by atoms with van der Waals surface area (Å²) in [6.07, 6.45) is 0. The van der Waals surface area contributed by atoms with Crippen molar-refractivity contribution in [2.75, 3.05) is 19.6 Å². The Labute approximate surface area is 125 Å². The van der Waals surface area contributed by atoms with E-state index in [2.05, 4.69) is 53.1 Å². The van der Waals surface area contributed by atoms with Gasteiger partial charge in [0.05, 0.1) is 0 Å². The lowest BCUT2D eigenvalue weighted by atomic mass is 9.84. The highest BCUT2D eigenvalue weighted by Gasteiger charge is 2.27. The van der Waals surface area contributed by atoms with Gasteiger partial charge in [0, 0.05) is 36.6 Å². The van der Waals surface area contributed by atoms with Crippen molar-refractivity contribution < 1.29 is 0 Å². The van der Waals surface area contributed by atoms with E-state index in [9.17, 15) is 0 Å². The zero-order valence-corrected chi connectivity index (χ0v) is 12.1. The van der Waals surface area contributed by atoms with Crippen LogP contribution in [0.1, 0.15) is 17.0 Å². The number of nitrogens with one attached hydrogen (secondary N) is 2. The Morgan fingerprint density at radius 3 is 2.40 bits per heavy atom. The van der Waals surface area contributed by atoms with E-state index in [0.717, 1.165) is 24.7 Å². The minimum atomic E-state index is 0.276. The highest BCUT2D eigenvalue weighted by molar-refractivity contribution is 6.31. The van der Waals surface area contributed by atoms with Gasteiger partial charge in [-0.05, 0) is 17.2 Å². The van der Waals surface area contributed by atoms with Gasteiger partial charge in [-0.25, -0.2) is 0 Å². The first-order valence-electron chi connectivity index (χ1n) is 7.10. The van der Waals surface area contributed by atoms with Crippen LogP contribution < -0.4 is 10.6 Å². The van der Waals surface area contributed by atoms with Crippen LogP contribution in [0.15, 0.2) is 54.6 Å². The second kappa shape index (κ2) is 6.40. The Kier molecular flexibility index (Phi) is 4.36. The molecule has 2 nitrogen and oxygen atoms in total. The van der Waals surface area contributed by atoms with Crippen LogP contribution in [0.4, 0.5) is 0 Å². The highest BCUT2D eigenvalue weighted by Crippen LogP contribution is 2.33. The molecule has 0 aromatic heterocycles. The average molecular weight is 287 g/mol. The van der Waals surface area contributed by atoms with Gasteiger partial charge in [0.15, 0.2) is 0 Å². The van der Waals surface area contributed by atoms with Crippen molar-refractivity contribution in [3.05, 3.63) is 70.7 Å². The number of benzene rings is 2. The smallest absolute Gasteiger partial charge is 0.0444 e. The van der Waals surface area contributed by atoms with Crippen molar-refractivity contribution in [2.24, 2.45) is 0 Å². The van der Waals surface area contributed by atoms with Crippen LogP contribution in [0.3, 0.4) is 0 Å². The minimum Gasteiger partial charge on any atom is -0.314 e. The molecule has 3 rings (SSSR count). The van der Waals surface area contributed by atoms with Gasteiger partial charge in [-0.15, -0.1) is 0 Å². The summed E-state index contributed by atoms with van der Waals surface area (Å²) in [5.74, 6) is 0.276.